The van der Waals surface area contributed by atoms with Crippen molar-refractivity contribution in [1.29, 1.82) is 0 Å². The Bertz CT molecular complexity index is 1370. The second-order valence-electron chi connectivity index (χ2n) is 7.50. The van der Waals surface area contributed by atoms with E-state index in [1.54, 1.807) is 42.8 Å². The van der Waals surface area contributed by atoms with E-state index in [1.807, 2.05) is 12.1 Å². The van der Waals surface area contributed by atoms with Gasteiger partial charge in [-0.1, -0.05) is 39.7 Å². The zero-order valence-electron chi connectivity index (χ0n) is 17.5. The van der Waals surface area contributed by atoms with Crippen molar-refractivity contribution < 1.29 is 18.0 Å². The van der Waals surface area contributed by atoms with E-state index in [-0.39, 0.29) is 11.1 Å². The van der Waals surface area contributed by atoms with Gasteiger partial charge in [-0.2, -0.15) is 18.3 Å². The third-order valence-electron chi connectivity index (χ3n) is 5.17. The van der Waals surface area contributed by atoms with Gasteiger partial charge in [-0.15, -0.1) is 0 Å². The first-order valence-corrected chi connectivity index (χ1v) is 11.0. The molecule has 0 saturated carbocycles. The number of pyridine rings is 1. The van der Waals surface area contributed by atoms with Crippen molar-refractivity contribution in [3.63, 3.8) is 0 Å². The average Bonchev–Trinajstić information content (AvgIpc) is 3.01. The molecule has 0 atom stereocenters. The molecule has 2 aromatic carbocycles. The van der Waals surface area contributed by atoms with Crippen LogP contribution in [-0.4, -0.2) is 20.7 Å². The Morgan fingerprint density at radius 2 is 1.82 bits per heavy atom. The number of aryl methyl sites for hydroxylation is 1. The zero-order chi connectivity index (χ0) is 23.9. The van der Waals surface area contributed by atoms with Crippen LogP contribution in [0.2, 0.25) is 5.02 Å². The van der Waals surface area contributed by atoms with E-state index in [0.717, 1.165) is 11.6 Å². The molecule has 2 heterocycles. The molecular weight excluding hydrogens is 521 g/mol. The molecule has 4 rings (SSSR count). The van der Waals surface area contributed by atoms with Crippen LogP contribution < -0.4 is 5.32 Å². The van der Waals surface area contributed by atoms with E-state index in [1.165, 1.54) is 6.07 Å². The number of nitrogens with one attached hydrogen (secondary N) is 1. The molecule has 0 bridgehead atoms. The first-order valence-electron chi connectivity index (χ1n) is 9.80. The Hall–Kier alpha value is -2.91. The molecular formula is C23H17BrClF3N4O. The largest absolute Gasteiger partial charge is 0.433 e. The summed E-state index contributed by atoms with van der Waals surface area (Å²) in [5.41, 5.74) is 1.44. The molecule has 0 radical (unpaired) electrons. The molecule has 170 valence electrons. The molecule has 0 aliphatic carbocycles. The van der Waals surface area contributed by atoms with E-state index in [9.17, 15) is 18.0 Å². The zero-order valence-corrected chi connectivity index (χ0v) is 19.8. The second-order valence-corrected chi connectivity index (χ2v) is 8.85. The van der Waals surface area contributed by atoms with Crippen LogP contribution in [0.5, 0.6) is 0 Å². The maximum Gasteiger partial charge on any atom is 0.433 e. The number of aromatic nitrogens is 3. The highest BCUT2D eigenvalue weighted by molar-refractivity contribution is 9.10. The number of benzene rings is 2. The Morgan fingerprint density at radius 3 is 2.48 bits per heavy atom. The van der Waals surface area contributed by atoms with Crippen LogP contribution in [0.15, 0.2) is 53.0 Å². The van der Waals surface area contributed by atoms with Crippen LogP contribution >= 0.6 is 27.5 Å². The Labute approximate surface area is 200 Å². The van der Waals surface area contributed by atoms with Gasteiger partial charge in [-0.05, 0) is 55.8 Å². The van der Waals surface area contributed by atoms with Crippen molar-refractivity contribution in [1.82, 2.24) is 14.8 Å². The van der Waals surface area contributed by atoms with Gasteiger partial charge in [0.1, 0.15) is 5.69 Å². The number of hydrogen-bond donors (Lipinski definition) is 1. The lowest BCUT2D eigenvalue weighted by molar-refractivity contribution is -0.140. The van der Waals surface area contributed by atoms with Gasteiger partial charge in [0, 0.05) is 14.9 Å². The lowest BCUT2D eigenvalue weighted by Crippen LogP contribution is -2.17. The number of anilines is 1. The summed E-state index contributed by atoms with van der Waals surface area (Å²) in [6, 6.07) is 12.6. The van der Waals surface area contributed by atoms with Crippen LogP contribution in [0.25, 0.3) is 10.9 Å². The van der Waals surface area contributed by atoms with Crippen molar-refractivity contribution in [2.45, 2.75) is 26.6 Å². The van der Waals surface area contributed by atoms with Gasteiger partial charge in [0.05, 0.1) is 34.7 Å². The van der Waals surface area contributed by atoms with E-state index in [0.29, 0.717) is 38.5 Å². The first kappa shape index (κ1) is 23.3. The van der Waals surface area contributed by atoms with Gasteiger partial charge in [0.2, 0.25) is 0 Å². The molecule has 33 heavy (non-hydrogen) atoms. The lowest BCUT2D eigenvalue weighted by Gasteiger charge is -2.13. The van der Waals surface area contributed by atoms with Gasteiger partial charge >= 0.3 is 6.18 Å². The topological polar surface area (TPSA) is 59.8 Å². The predicted molar refractivity (Wildman–Crippen MR) is 125 cm³/mol. The SMILES string of the molecule is Cc1nn(Cc2ccc(Cl)cc2)c(C)c1NC(=O)c1cc(C(F)(F)F)nc2ccc(Br)cc12. The fourth-order valence-corrected chi connectivity index (χ4v) is 3.99. The maximum atomic E-state index is 13.4. The monoisotopic (exact) mass is 536 g/mol. The predicted octanol–water partition coefficient (Wildman–Crippen LogP) is 6.78. The van der Waals surface area contributed by atoms with Crippen LogP contribution in [-0.2, 0) is 12.7 Å². The fraction of sp³-hybridized carbons (Fsp3) is 0.174. The van der Waals surface area contributed by atoms with E-state index >= 15 is 0 Å². The summed E-state index contributed by atoms with van der Waals surface area (Å²) in [5, 5.41) is 8.15. The number of carbonyl (C=O) groups is 1. The molecule has 1 amide bonds. The smallest absolute Gasteiger partial charge is 0.319 e. The summed E-state index contributed by atoms with van der Waals surface area (Å²) in [6.07, 6.45) is -4.69. The minimum Gasteiger partial charge on any atom is -0.319 e. The van der Waals surface area contributed by atoms with Crippen LogP contribution in [0.3, 0.4) is 0 Å². The van der Waals surface area contributed by atoms with Crippen molar-refractivity contribution >= 4 is 50.0 Å². The normalized spacial score (nSPS) is 11.7. The summed E-state index contributed by atoms with van der Waals surface area (Å²) < 4.78 is 42.5. The van der Waals surface area contributed by atoms with Crippen molar-refractivity contribution in [3.05, 3.63) is 86.2 Å². The molecule has 0 saturated heterocycles. The molecule has 0 fully saturated rings. The van der Waals surface area contributed by atoms with Gasteiger partial charge in [-0.25, -0.2) is 4.98 Å². The third kappa shape index (κ3) is 4.89. The number of amides is 1. The maximum absolute atomic E-state index is 13.4. The molecule has 4 aromatic rings. The molecule has 10 heteroatoms. The highest BCUT2D eigenvalue weighted by Crippen LogP contribution is 2.32. The summed E-state index contributed by atoms with van der Waals surface area (Å²) in [4.78, 5) is 16.8. The Morgan fingerprint density at radius 1 is 1.12 bits per heavy atom. The molecule has 0 spiro atoms. The van der Waals surface area contributed by atoms with Crippen molar-refractivity contribution in [2.24, 2.45) is 0 Å². The third-order valence-corrected chi connectivity index (χ3v) is 5.92. The lowest BCUT2D eigenvalue weighted by atomic mass is 10.1. The average molecular weight is 538 g/mol. The first-order chi connectivity index (χ1) is 15.5. The fourth-order valence-electron chi connectivity index (χ4n) is 3.51. The number of fused-ring (bicyclic) bond motifs is 1. The number of nitrogens with zero attached hydrogens (tertiary/aromatic N) is 3. The van der Waals surface area contributed by atoms with E-state index < -0.39 is 17.8 Å². The number of carbonyl (C=O) groups excluding carboxylic acids is 1. The number of rotatable bonds is 4. The molecule has 0 unspecified atom stereocenters. The summed E-state index contributed by atoms with van der Waals surface area (Å²) in [7, 11) is 0. The van der Waals surface area contributed by atoms with E-state index in [4.69, 9.17) is 11.6 Å². The summed E-state index contributed by atoms with van der Waals surface area (Å²) in [5.74, 6) is -0.678. The van der Waals surface area contributed by atoms with Crippen LogP contribution in [0, 0.1) is 13.8 Å². The van der Waals surface area contributed by atoms with Crippen molar-refractivity contribution in [2.75, 3.05) is 5.32 Å². The molecule has 1 N–H and O–H groups in total. The highest BCUT2D eigenvalue weighted by Gasteiger charge is 2.34. The minimum atomic E-state index is -4.69. The van der Waals surface area contributed by atoms with Crippen LogP contribution in [0.1, 0.15) is 33.0 Å². The number of alkyl halides is 3. The molecule has 2 aromatic heterocycles. The molecule has 0 aliphatic heterocycles. The van der Waals surface area contributed by atoms with Gasteiger partial charge in [-0.3, -0.25) is 9.48 Å². The Balaban J connectivity index is 1.71. The Kier molecular flexibility index (Phi) is 6.20. The molecule has 5 nitrogen and oxygen atoms in total. The van der Waals surface area contributed by atoms with Crippen molar-refractivity contribution in [3.8, 4) is 0 Å². The molecule has 0 aliphatic rings. The summed E-state index contributed by atoms with van der Waals surface area (Å²) in [6.45, 7) is 3.96. The quantitative estimate of drug-likeness (QED) is 0.312. The minimum absolute atomic E-state index is 0.0741. The second kappa shape index (κ2) is 8.79. The highest BCUT2D eigenvalue weighted by atomic mass is 79.9. The summed E-state index contributed by atoms with van der Waals surface area (Å²) >= 11 is 9.23. The standard InChI is InChI=1S/C23H17BrClF3N4O/c1-12-21(13(2)32(31-12)11-14-3-6-16(25)7-4-14)30-22(33)18-10-20(23(26,27)28)29-19-8-5-15(24)9-17(18)19/h3-10H,11H2,1-2H3,(H,30,33). The van der Waals surface area contributed by atoms with E-state index in [2.05, 4.69) is 31.3 Å². The van der Waals surface area contributed by atoms with Crippen LogP contribution in [0.4, 0.5) is 18.9 Å². The number of halogens is 5. The van der Waals surface area contributed by atoms with Gasteiger partial charge < -0.3 is 5.32 Å². The van der Waals surface area contributed by atoms with Gasteiger partial charge in [0.25, 0.3) is 5.91 Å². The van der Waals surface area contributed by atoms with Gasteiger partial charge in [0.15, 0.2) is 0 Å². The number of hydrogen-bond acceptors (Lipinski definition) is 3.